The summed E-state index contributed by atoms with van der Waals surface area (Å²) in [6, 6.07) is 9.19. The van der Waals surface area contributed by atoms with E-state index in [1.807, 2.05) is 32.0 Å². The second-order valence-corrected chi connectivity index (χ2v) is 7.52. The molecule has 0 spiro atoms. The van der Waals surface area contributed by atoms with Crippen molar-refractivity contribution in [2.75, 3.05) is 0 Å². The third kappa shape index (κ3) is 4.58. The summed E-state index contributed by atoms with van der Waals surface area (Å²) in [6.45, 7) is 3.99. The van der Waals surface area contributed by atoms with Gasteiger partial charge in [0.05, 0.1) is 8.66 Å². The minimum Gasteiger partial charge on any atom is -0.508 e. The van der Waals surface area contributed by atoms with Crippen LogP contribution in [0.2, 0.25) is 0 Å². The molecule has 1 unspecified atom stereocenters. The van der Waals surface area contributed by atoms with Crippen LogP contribution in [0, 0.1) is 6.92 Å². The standard InChI is InChI=1S/C16H18BrNO2S/c1-10-9-14(21-15(10)17)16(20)18-11(2)3-4-12-5-7-13(19)8-6-12/h5-9,11,19H,3-4H2,1-2H3,(H,18,20). The molecule has 1 aromatic carbocycles. The van der Waals surface area contributed by atoms with Crippen LogP contribution in [0.4, 0.5) is 0 Å². The van der Waals surface area contributed by atoms with E-state index >= 15 is 0 Å². The monoisotopic (exact) mass is 367 g/mol. The highest BCUT2D eigenvalue weighted by Crippen LogP contribution is 2.27. The molecule has 112 valence electrons. The van der Waals surface area contributed by atoms with Crippen molar-refractivity contribution in [3.8, 4) is 5.75 Å². The van der Waals surface area contributed by atoms with Gasteiger partial charge < -0.3 is 10.4 Å². The maximum atomic E-state index is 12.1. The maximum Gasteiger partial charge on any atom is 0.261 e. The first-order valence-corrected chi connectivity index (χ1v) is 8.41. The number of halogens is 1. The van der Waals surface area contributed by atoms with Gasteiger partial charge in [0.15, 0.2) is 0 Å². The Bertz CT molecular complexity index is 602. The predicted octanol–water partition coefficient (Wildman–Crippen LogP) is 4.28. The number of carbonyl (C=O) groups is 1. The second-order valence-electron chi connectivity index (χ2n) is 5.15. The molecule has 0 radical (unpaired) electrons. The zero-order valence-corrected chi connectivity index (χ0v) is 14.4. The maximum absolute atomic E-state index is 12.1. The fourth-order valence-corrected chi connectivity index (χ4v) is 3.42. The van der Waals surface area contributed by atoms with Crippen molar-refractivity contribution < 1.29 is 9.90 Å². The van der Waals surface area contributed by atoms with Crippen LogP contribution in [-0.4, -0.2) is 17.1 Å². The van der Waals surface area contributed by atoms with Crippen LogP contribution in [0.3, 0.4) is 0 Å². The smallest absolute Gasteiger partial charge is 0.261 e. The lowest BCUT2D eigenvalue weighted by Gasteiger charge is -2.13. The van der Waals surface area contributed by atoms with Crippen LogP contribution in [0.1, 0.15) is 34.1 Å². The number of nitrogens with one attached hydrogen (secondary N) is 1. The van der Waals surface area contributed by atoms with Crippen LogP contribution in [0.25, 0.3) is 0 Å². The SMILES string of the molecule is Cc1cc(C(=O)NC(C)CCc2ccc(O)cc2)sc1Br. The molecule has 2 rings (SSSR count). The van der Waals surface area contributed by atoms with Crippen LogP contribution in [0.5, 0.6) is 5.75 Å². The topological polar surface area (TPSA) is 49.3 Å². The van der Waals surface area contributed by atoms with E-state index in [0.29, 0.717) is 0 Å². The Morgan fingerprint density at radius 3 is 2.62 bits per heavy atom. The molecule has 5 heteroatoms. The van der Waals surface area contributed by atoms with Gasteiger partial charge in [0.1, 0.15) is 5.75 Å². The van der Waals surface area contributed by atoms with Crippen molar-refractivity contribution in [1.82, 2.24) is 5.32 Å². The molecule has 0 aliphatic rings. The van der Waals surface area contributed by atoms with Crippen LogP contribution in [-0.2, 0) is 6.42 Å². The van der Waals surface area contributed by atoms with Crippen molar-refractivity contribution in [2.45, 2.75) is 32.7 Å². The quantitative estimate of drug-likeness (QED) is 0.828. The molecule has 1 heterocycles. The van der Waals surface area contributed by atoms with Gasteiger partial charge >= 0.3 is 0 Å². The summed E-state index contributed by atoms with van der Waals surface area (Å²) in [7, 11) is 0. The fourth-order valence-electron chi connectivity index (χ4n) is 1.98. The Hall–Kier alpha value is -1.33. The van der Waals surface area contributed by atoms with E-state index in [-0.39, 0.29) is 17.7 Å². The number of thiophene rings is 1. The normalized spacial score (nSPS) is 12.1. The average Bonchev–Trinajstić information content (AvgIpc) is 2.78. The molecule has 0 bridgehead atoms. The summed E-state index contributed by atoms with van der Waals surface area (Å²) in [5, 5.41) is 12.3. The first-order chi connectivity index (χ1) is 9.95. The van der Waals surface area contributed by atoms with E-state index in [0.717, 1.165) is 32.6 Å². The molecule has 2 aromatic rings. The van der Waals surface area contributed by atoms with Gasteiger partial charge in [-0.1, -0.05) is 12.1 Å². The number of hydrogen-bond acceptors (Lipinski definition) is 3. The van der Waals surface area contributed by atoms with E-state index in [1.54, 1.807) is 12.1 Å². The van der Waals surface area contributed by atoms with Crippen molar-refractivity contribution in [2.24, 2.45) is 0 Å². The lowest BCUT2D eigenvalue weighted by molar-refractivity contribution is 0.0942. The Morgan fingerprint density at radius 1 is 1.38 bits per heavy atom. The van der Waals surface area contributed by atoms with E-state index in [2.05, 4.69) is 21.2 Å². The summed E-state index contributed by atoms with van der Waals surface area (Å²) in [6.07, 6.45) is 1.73. The Morgan fingerprint density at radius 2 is 2.05 bits per heavy atom. The Labute approximate surface area is 137 Å². The minimum absolute atomic E-state index is 0.0213. The average molecular weight is 368 g/mol. The van der Waals surface area contributed by atoms with Crippen LogP contribution in [0.15, 0.2) is 34.1 Å². The van der Waals surface area contributed by atoms with Gasteiger partial charge in [-0.15, -0.1) is 11.3 Å². The zero-order valence-electron chi connectivity index (χ0n) is 12.0. The number of amides is 1. The number of benzene rings is 1. The molecule has 3 nitrogen and oxygen atoms in total. The lowest BCUT2D eigenvalue weighted by Crippen LogP contribution is -2.32. The minimum atomic E-state index is -0.0213. The molecule has 0 aliphatic carbocycles. The molecule has 0 aliphatic heterocycles. The first-order valence-electron chi connectivity index (χ1n) is 6.80. The highest BCUT2D eigenvalue weighted by atomic mass is 79.9. The number of rotatable bonds is 5. The van der Waals surface area contributed by atoms with Gasteiger partial charge in [0, 0.05) is 6.04 Å². The number of phenols is 1. The van der Waals surface area contributed by atoms with Gasteiger partial charge in [0.25, 0.3) is 5.91 Å². The number of carbonyl (C=O) groups excluding carboxylic acids is 1. The van der Waals surface area contributed by atoms with Gasteiger partial charge in [-0.05, 0) is 71.9 Å². The first kappa shape index (κ1) is 16.0. The number of hydrogen-bond donors (Lipinski definition) is 2. The number of aryl methyl sites for hydroxylation is 2. The van der Waals surface area contributed by atoms with E-state index in [4.69, 9.17) is 0 Å². The van der Waals surface area contributed by atoms with Crippen LogP contribution >= 0.6 is 27.3 Å². The molecule has 0 saturated heterocycles. The van der Waals surface area contributed by atoms with Gasteiger partial charge in [0.2, 0.25) is 0 Å². The largest absolute Gasteiger partial charge is 0.508 e. The second kappa shape index (κ2) is 7.09. The van der Waals surface area contributed by atoms with E-state index in [1.165, 1.54) is 11.3 Å². The van der Waals surface area contributed by atoms with Crippen LogP contribution < -0.4 is 5.32 Å². The molecule has 0 fully saturated rings. The number of aromatic hydroxyl groups is 1. The molecular formula is C16H18BrNO2S. The summed E-state index contributed by atoms with van der Waals surface area (Å²) in [5.74, 6) is 0.255. The molecule has 2 N–H and O–H groups in total. The van der Waals surface area contributed by atoms with Gasteiger partial charge in [-0.2, -0.15) is 0 Å². The molecule has 1 atom stereocenters. The van der Waals surface area contributed by atoms with E-state index in [9.17, 15) is 9.90 Å². The van der Waals surface area contributed by atoms with Gasteiger partial charge in [-0.25, -0.2) is 0 Å². The van der Waals surface area contributed by atoms with Crippen molar-refractivity contribution >= 4 is 33.2 Å². The van der Waals surface area contributed by atoms with Crippen molar-refractivity contribution in [3.63, 3.8) is 0 Å². The summed E-state index contributed by atoms with van der Waals surface area (Å²) < 4.78 is 1.00. The lowest BCUT2D eigenvalue weighted by atomic mass is 10.1. The van der Waals surface area contributed by atoms with Gasteiger partial charge in [-0.3, -0.25) is 4.79 Å². The molecule has 1 amide bonds. The van der Waals surface area contributed by atoms with Crippen molar-refractivity contribution in [3.05, 3.63) is 50.1 Å². The molecular weight excluding hydrogens is 350 g/mol. The summed E-state index contributed by atoms with van der Waals surface area (Å²) in [4.78, 5) is 12.9. The zero-order chi connectivity index (χ0) is 15.4. The molecule has 0 saturated carbocycles. The predicted molar refractivity (Wildman–Crippen MR) is 90.1 cm³/mol. The highest BCUT2D eigenvalue weighted by Gasteiger charge is 2.13. The highest BCUT2D eigenvalue weighted by molar-refractivity contribution is 9.11. The number of phenolic OH excluding ortho intramolecular Hbond substituents is 1. The third-order valence-corrected chi connectivity index (χ3v) is 5.40. The summed E-state index contributed by atoms with van der Waals surface area (Å²) >= 11 is 4.89. The van der Waals surface area contributed by atoms with Crippen molar-refractivity contribution in [1.29, 1.82) is 0 Å². The summed E-state index contributed by atoms with van der Waals surface area (Å²) in [5.41, 5.74) is 2.24. The molecule has 21 heavy (non-hydrogen) atoms. The van der Waals surface area contributed by atoms with E-state index < -0.39 is 0 Å². The Kier molecular flexibility index (Phi) is 5.42. The Balaban J connectivity index is 1.85. The third-order valence-electron chi connectivity index (χ3n) is 3.26. The molecule has 1 aromatic heterocycles. The fraction of sp³-hybridized carbons (Fsp3) is 0.312.